The molecule has 0 bridgehead atoms. The molecule has 2 aliphatic rings. The first-order valence-corrected chi connectivity index (χ1v) is 11.3. The van der Waals surface area contributed by atoms with E-state index in [1.165, 1.54) is 11.8 Å². The maximum atomic E-state index is 12.9. The van der Waals surface area contributed by atoms with E-state index in [4.69, 9.17) is 4.98 Å². The fraction of sp³-hybridized carbons (Fsp3) is 0.545. The third kappa shape index (κ3) is 4.18. The van der Waals surface area contributed by atoms with Gasteiger partial charge in [-0.25, -0.2) is 9.67 Å². The van der Waals surface area contributed by atoms with Crippen LogP contribution < -0.4 is 0 Å². The third-order valence-corrected chi connectivity index (χ3v) is 7.03. The number of amides is 1. The highest BCUT2D eigenvalue weighted by Gasteiger charge is 2.40. The second-order valence-corrected chi connectivity index (χ2v) is 9.28. The van der Waals surface area contributed by atoms with Crippen LogP contribution in [0.15, 0.2) is 35.5 Å². The van der Waals surface area contributed by atoms with E-state index >= 15 is 0 Å². The van der Waals surface area contributed by atoms with E-state index in [2.05, 4.69) is 18.1 Å². The Hall–Kier alpha value is -2.33. The van der Waals surface area contributed by atoms with Gasteiger partial charge in [0.1, 0.15) is 11.4 Å². The Bertz CT molecular complexity index is 907. The molecule has 0 spiro atoms. The SMILES string of the molecule is CC1CCC(C#N)(N(C)C(=O)CSc2nc(C3CC3)n(-c3ccccc3)n2)CC1. The summed E-state index contributed by atoms with van der Waals surface area (Å²) in [6.07, 6.45) is 5.77. The highest BCUT2D eigenvalue weighted by molar-refractivity contribution is 7.99. The molecule has 0 atom stereocenters. The highest BCUT2D eigenvalue weighted by Crippen LogP contribution is 2.40. The minimum absolute atomic E-state index is 0.0323. The van der Waals surface area contributed by atoms with Crippen LogP contribution in [0.4, 0.5) is 0 Å². The summed E-state index contributed by atoms with van der Waals surface area (Å²) in [4.78, 5) is 19.2. The zero-order valence-corrected chi connectivity index (χ0v) is 17.9. The minimum atomic E-state index is -0.667. The Balaban J connectivity index is 1.45. The van der Waals surface area contributed by atoms with E-state index in [1.807, 2.05) is 35.0 Å². The number of carbonyl (C=O) groups excluding carboxylic acids is 1. The van der Waals surface area contributed by atoms with E-state index < -0.39 is 5.54 Å². The summed E-state index contributed by atoms with van der Waals surface area (Å²) < 4.78 is 1.91. The molecule has 6 nitrogen and oxygen atoms in total. The first-order chi connectivity index (χ1) is 14.0. The van der Waals surface area contributed by atoms with Crippen LogP contribution in [0.2, 0.25) is 0 Å². The number of hydrogen-bond acceptors (Lipinski definition) is 5. The summed E-state index contributed by atoms with van der Waals surface area (Å²) in [7, 11) is 1.77. The maximum Gasteiger partial charge on any atom is 0.234 e. The lowest BCUT2D eigenvalue weighted by Crippen LogP contribution is -2.51. The van der Waals surface area contributed by atoms with E-state index in [1.54, 1.807) is 11.9 Å². The molecule has 1 aromatic carbocycles. The lowest BCUT2D eigenvalue weighted by atomic mass is 9.77. The quantitative estimate of drug-likeness (QED) is 0.670. The van der Waals surface area contributed by atoms with Crippen LogP contribution in [0.25, 0.3) is 5.69 Å². The lowest BCUT2D eigenvalue weighted by molar-refractivity contribution is -0.132. The van der Waals surface area contributed by atoms with E-state index in [0.29, 0.717) is 17.0 Å². The van der Waals surface area contributed by atoms with Crippen molar-refractivity contribution in [2.75, 3.05) is 12.8 Å². The minimum Gasteiger partial charge on any atom is -0.326 e. The highest BCUT2D eigenvalue weighted by atomic mass is 32.2. The van der Waals surface area contributed by atoms with E-state index in [-0.39, 0.29) is 11.7 Å². The normalized spacial score (nSPS) is 24.1. The van der Waals surface area contributed by atoms with Gasteiger partial charge in [-0.3, -0.25) is 4.79 Å². The smallest absolute Gasteiger partial charge is 0.234 e. The molecule has 152 valence electrons. The van der Waals surface area contributed by atoms with Crippen LogP contribution in [0, 0.1) is 17.2 Å². The van der Waals surface area contributed by atoms with E-state index in [0.717, 1.165) is 50.0 Å². The predicted molar refractivity (Wildman–Crippen MR) is 113 cm³/mol. The van der Waals surface area contributed by atoms with Crippen LogP contribution in [0.3, 0.4) is 0 Å². The molecule has 1 heterocycles. The molecule has 2 saturated carbocycles. The van der Waals surface area contributed by atoms with Crippen LogP contribution in [0.1, 0.15) is 57.2 Å². The number of thioether (sulfide) groups is 1. The second kappa shape index (κ2) is 8.19. The molecule has 1 amide bonds. The first-order valence-electron chi connectivity index (χ1n) is 10.4. The number of rotatable bonds is 6. The van der Waals surface area contributed by atoms with Gasteiger partial charge >= 0.3 is 0 Å². The van der Waals surface area contributed by atoms with Crippen molar-refractivity contribution in [3.05, 3.63) is 36.2 Å². The van der Waals surface area contributed by atoms with Crippen LogP contribution in [-0.4, -0.2) is 43.9 Å². The molecule has 4 rings (SSSR count). The molecular formula is C22H27N5OS. The van der Waals surface area contributed by atoms with Crippen LogP contribution in [-0.2, 0) is 4.79 Å². The van der Waals surface area contributed by atoms with E-state index in [9.17, 15) is 10.1 Å². The van der Waals surface area contributed by atoms with Gasteiger partial charge < -0.3 is 4.90 Å². The number of nitrogens with zero attached hydrogens (tertiary/aromatic N) is 5. The molecule has 7 heteroatoms. The van der Waals surface area contributed by atoms with Crippen LogP contribution in [0.5, 0.6) is 0 Å². The lowest BCUT2D eigenvalue weighted by Gasteiger charge is -2.40. The van der Waals surface area contributed by atoms with Gasteiger partial charge in [-0.15, -0.1) is 5.10 Å². The predicted octanol–water partition coefficient (Wildman–Crippen LogP) is 4.17. The maximum absolute atomic E-state index is 12.9. The van der Waals surface area contributed by atoms with Gasteiger partial charge in [-0.2, -0.15) is 5.26 Å². The van der Waals surface area contributed by atoms with Crippen molar-refractivity contribution in [2.45, 2.75) is 62.1 Å². The standard InChI is InChI=1S/C22H27N5OS/c1-16-10-12-22(15-23,13-11-16)26(2)19(28)14-29-21-24-20(17-8-9-17)27(25-21)18-6-4-3-5-7-18/h3-7,16-17H,8-14H2,1-2H3. The summed E-state index contributed by atoms with van der Waals surface area (Å²) in [5.41, 5.74) is 0.331. The average Bonchev–Trinajstić information content (AvgIpc) is 3.52. The van der Waals surface area contributed by atoms with Crippen molar-refractivity contribution in [3.63, 3.8) is 0 Å². The Morgan fingerprint density at radius 1 is 1.28 bits per heavy atom. The molecule has 0 aliphatic heterocycles. The molecule has 0 N–H and O–H groups in total. The van der Waals surface area contributed by atoms with Gasteiger partial charge in [0.25, 0.3) is 0 Å². The molecule has 1 aromatic heterocycles. The van der Waals surface area contributed by atoms with Gasteiger partial charge in [0, 0.05) is 13.0 Å². The Morgan fingerprint density at radius 2 is 1.97 bits per heavy atom. The molecule has 2 aliphatic carbocycles. The number of para-hydroxylation sites is 1. The van der Waals surface area contributed by atoms with Crippen molar-refractivity contribution >= 4 is 17.7 Å². The summed E-state index contributed by atoms with van der Waals surface area (Å²) in [6, 6.07) is 12.4. The van der Waals surface area contributed by atoms with Gasteiger partial charge in [-0.1, -0.05) is 36.9 Å². The fourth-order valence-electron chi connectivity index (χ4n) is 3.95. The van der Waals surface area contributed by atoms with Gasteiger partial charge in [0.15, 0.2) is 0 Å². The topological polar surface area (TPSA) is 74.8 Å². The zero-order valence-electron chi connectivity index (χ0n) is 17.0. The fourth-order valence-corrected chi connectivity index (χ4v) is 4.70. The number of hydrogen-bond donors (Lipinski definition) is 0. The van der Waals surface area contributed by atoms with Gasteiger partial charge in [-0.05, 0) is 56.6 Å². The number of carbonyl (C=O) groups is 1. The van der Waals surface area contributed by atoms with Gasteiger partial charge in [0.2, 0.25) is 11.1 Å². The second-order valence-electron chi connectivity index (χ2n) is 8.34. The summed E-state index contributed by atoms with van der Waals surface area (Å²) >= 11 is 1.36. The molecule has 0 radical (unpaired) electrons. The Kier molecular flexibility index (Phi) is 5.64. The zero-order chi connectivity index (χ0) is 20.4. The monoisotopic (exact) mass is 409 g/mol. The third-order valence-electron chi connectivity index (χ3n) is 6.21. The summed E-state index contributed by atoms with van der Waals surface area (Å²) in [5, 5.41) is 15.1. The van der Waals surface area contributed by atoms with Crippen molar-refractivity contribution in [1.82, 2.24) is 19.7 Å². The molecule has 0 unspecified atom stereocenters. The van der Waals surface area contributed by atoms with Crippen molar-refractivity contribution in [3.8, 4) is 11.8 Å². The molecule has 2 fully saturated rings. The van der Waals surface area contributed by atoms with Crippen LogP contribution >= 0.6 is 11.8 Å². The average molecular weight is 410 g/mol. The number of benzene rings is 1. The van der Waals surface area contributed by atoms with Crippen molar-refractivity contribution < 1.29 is 4.79 Å². The summed E-state index contributed by atoms with van der Waals surface area (Å²) in [6.45, 7) is 2.21. The molecule has 0 saturated heterocycles. The Morgan fingerprint density at radius 3 is 2.59 bits per heavy atom. The molecular weight excluding hydrogens is 382 g/mol. The van der Waals surface area contributed by atoms with Gasteiger partial charge in [0.05, 0.1) is 17.5 Å². The first kappa shape index (κ1) is 20.0. The van der Waals surface area contributed by atoms with Crippen molar-refractivity contribution in [1.29, 1.82) is 5.26 Å². The Labute approximate surface area is 176 Å². The summed E-state index contributed by atoms with van der Waals surface area (Å²) in [5.74, 6) is 2.28. The number of nitriles is 1. The molecule has 2 aromatic rings. The number of aromatic nitrogens is 3. The van der Waals surface area contributed by atoms with Crippen molar-refractivity contribution in [2.24, 2.45) is 5.92 Å². The largest absolute Gasteiger partial charge is 0.326 e. The molecule has 29 heavy (non-hydrogen) atoms.